The molecule has 0 bridgehead atoms. The van der Waals surface area contributed by atoms with Gasteiger partial charge in [-0.15, -0.1) is 0 Å². The second kappa shape index (κ2) is 9.85. The Morgan fingerprint density at radius 3 is 2.21 bits per heavy atom. The molecule has 1 aliphatic heterocycles. The Morgan fingerprint density at radius 2 is 1.61 bits per heavy atom. The van der Waals surface area contributed by atoms with E-state index in [1.54, 1.807) is 7.11 Å². The molecule has 7 heteroatoms. The molecule has 0 saturated carbocycles. The molecule has 1 aliphatic rings. The lowest BCUT2D eigenvalue weighted by Gasteiger charge is -2.36. The number of hydrogen-bond acceptors (Lipinski definition) is 6. The molecule has 2 aromatic carbocycles. The van der Waals surface area contributed by atoms with E-state index in [1.807, 2.05) is 36.4 Å². The summed E-state index contributed by atoms with van der Waals surface area (Å²) in [5, 5.41) is 0. The third kappa shape index (κ3) is 5.79. The summed E-state index contributed by atoms with van der Waals surface area (Å²) in [5.41, 5.74) is 7.07. The van der Waals surface area contributed by atoms with Gasteiger partial charge in [-0.25, -0.2) is 4.79 Å². The first-order valence-electron chi connectivity index (χ1n) is 9.39. The molecule has 0 spiro atoms. The first-order valence-corrected chi connectivity index (χ1v) is 9.39. The van der Waals surface area contributed by atoms with E-state index in [9.17, 15) is 4.79 Å². The van der Waals surface area contributed by atoms with Crippen LogP contribution in [-0.4, -0.2) is 57.4 Å². The fourth-order valence-corrected chi connectivity index (χ4v) is 3.15. The number of nitrogens with zero attached hydrogens (tertiary/aromatic N) is 2. The van der Waals surface area contributed by atoms with Crippen molar-refractivity contribution in [3.8, 4) is 11.5 Å². The molecule has 2 aromatic rings. The number of methoxy groups -OCH3 is 1. The molecular weight excluding hydrogens is 358 g/mol. The standard InChI is InChI=1S/C21H27N3O4/c1-26-19-8-4-18(5-9-19)24-12-10-23(11-13-24)14-15-27-20-6-2-17(3-7-20)16-28-21(22)25/h2-9H,10-16H2,1H3,(H2,22,25). The number of piperazine rings is 1. The van der Waals surface area contributed by atoms with E-state index in [4.69, 9.17) is 19.9 Å². The van der Waals surface area contributed by atoms with E-state index in [0.717, 1.165) is 49.8 Å². The Hall–Kier alpha value is -2.93. The number of carbonyl (C=O) groups excluding carboxylic acids is 1. The van der Waals surface area contributed by atoms with Crippen LogP contribution in [-0.2, 0) is 11.3 Å². The van der Waals surface area contributed by atoms with Crippen LogP contribution in [0.5, 0.6) is 11.5 Å². The third-order valence-corrected chi connectivity index (χ3v) is 4.79. The lowest BCUT2D eigenvalue weighted by atomic mass is 10.2. The van der Waals surface area contributed by atoms with Crippen molar-refractivity contribution in [1.82, 2.24) is 4.90 Å². The predicted molar refractivity (Wildman–Crippen MR) is 108 cm³/mol. The Kier molecular flexibility index (Phi) is 6.97. The second-order valence-electron chi connectivity index (χ2n) is 6.63. The Bertz CT molecular complexity index is 741. The van der Waals surface area contributed by atoms with Gasteiger partial charge in [0.1, 0.15) is 24.7 Å². The first-order chi connectivity index (χ1) is 13.6. The molecule has 1 heterocycles. The van der Waals surface area contributed by atoms with Crippen molar-refractivity contribution >= 4 is 11.8 Å². The van der Waals surface area contributed by atoms with Gasteiger partial charge in [-0.2, -0.15) is 0 Å². The SMILES string of the molecule is COc1ccc(N2CCN(CCOc3ccc(COC(N)=O)cc3)CC2)cc1. The van der Waals surface area contributed by atoms with Gasteiger partial charge in [-0.1, -0.05) is 12.1 Å². The largest absolute Gasteiger partial charge is 0.497 e. The van der Waals surface area contributed by atoms with Crippen molar-refractivity contribution in [2.45, 2.75) is 6.61 Å². The summed E-state index contributed by atoms with van der Waals surface area (Å²) >= 11 is 0. The van der Waals surface area contributed by atoms with Gasteiger partial charge in [0.25, 0.3) is 0 Å². The van der Waals surface area contributed by atoms with Gasteiger partial charge in [0.15, 0.2) is 0 Å². The highest BCUT2D eigenvalue weighted by Crippen LogP contribution is 2.20. The Balaban J connectivity index is 1.36. The first kappa shape index (κ1) is 19.8. The summed E-state index contributed by atoms with van der Waals surface area (Å²) in [7, 11) is 1.68. The molecule has 0 aliphatic carbocycles. The number of carbonyl (C=O) groups is 1. The molecule has 0 radical (unpaired) electrons. The van der Waals surface area contributed by atoms with Crippen LogP contribution in [0.4, 0.5) is 10.5 Å². The summed E-state index contributed by atoms with van der Waals surface area (Å²) in [4.78, 5) is 15.4. The van der Waals surface area contributed by atoms with E-state index >= 15 is 0 Å². The summed E-state index contributed by atoms with van der Waals surface area (Å²) in [6, 6.07) is 15.7. The minimum Gasteiger partial charge on any atom is -0.497 e. The fraction of sp³-hybridized carbons (Fsp3) is 0.381. The Morgan fingerprint density at radius 1 is 0.964 bits per heavy atom. The molecule has 1 fully saturated rings. The van der Waals surface area contributed by atoms with Gasteiger partial charge >= 0.3 is 6.09 Å². The smallest absolute Gasteiger partial charge is 0.404 e. The van der Waals surface area contributed by atoms with Crippen molar-refractivity contribution in [3.63, 3.8) is 0 Å². The van der Waals surface area contributed by atoms with Crippen molar-refractivity contribution in [2.75, 3.05) is 51.3 Å². The highest BCUT2D eigenvalue weighted by molar-refractivity contribution is 5.64. The number of ether oxygens (including phenoxy) is 3. The van der Waals surface area contributed by atoms with Crippen LogP contribution >= 0.6 is 0 Å². The normalized spacial score (nSPS) is 14.5. The molecule has 150 valence electrons. The highest BCUT2D eigenvalue weighted by Gasteiger charge is 2.17. The zero-order chi connectivity index (χ0) is 19.8. The third-order valence-electron chi connectivity index (χ3n) is 4.79. The van der Waals surface area contributed by atoms with Gasteiger partial charge < -0.3 is 24.8 Å². The van der Waals surface area contributed by atoms with Crippen LogP contribution in [0.3, 0.4) is 0 Å². The molecule has 1 saturated heterocycles. The van der Waals surface area contributed by atoms with Crippen LogP contribution in [0.25, 0.3) is 0 Å². The summed E-state index contributed by atoms with van der Waals surface area (Å²) in [6.45, 7) is 5.73. The molecule has 0 unspecified atom stereocenters. The molecule has 2 N–H and O–H groups in total. The molecular formula is C21H27N3O4. The number of hydrogen-bond donors (Lipinski definition) is 1. The lowest BCUT2D eigenvalue weighted by molar-refractivity contribution is 0.150. The van der Waals surface area contributed by atoms with Gasteiger partial charge in [0.05, 0.1) is 7.11 Å². The van der Waals surface area contributed by atoms with Gasteiger partial charge in [-0.3, -0.25) is 4.90 Å². The zero-order valence-electron chi connectivity index (χ0n) is 16.2. The van der Waals surface area contributed by atoms with E-state index < -0.39 is 6.09 Å². The van der Waals surface area contributed by atoms with Crippen molar-refractivity contribution in [3.05, 3.63) is 54.1 Å². The van der Waals surface area contributed by atoms with Crippen LogP contribution in [0.15, 0.2) is 48.5 Å². The minimum absolute atomic E-state index is 0.175. The quantitative estimate of drug-likeness (QED) is 0.752. The molecule has 0 aromatic heterocycles. The average molecular weight is 385 g/mol. The lowest BCUT2D eigenvalue weighted by Crippen LogP contribution is -2.47. The average Bonchev–Trinajstić information content (AvgIpc) is 2.74. The van der Waals surface area contributed by atoms with E-state index in [0.29, 0.717) is 6.61 Å². The van der Waals surface area contributed by atoms with Gasteiger partial charge in [-0.05, 0) is 42.0 Å². The Labute approximate surface area is 165 Å². The maximum absolute atomic E-state index is 10.6. The fourth-order valence-electron chi connectivity index (χ4n) is 3.15. The summed E-state index contributed by atoms with van der Waals surface area (Å²) in [5.74, 6) is 1.69. The van der Waals surface area contributed by atoms with Crippen LogP contribution < -0.4 is 20.1 Å². The number of rotatable bonds is 8. The van der Waals surface area contributed by atoms with Crippen LogP contribution in [0.2, 0.25) is 0 Å². The van der Waals surface area contributed by atoms with Crippen molar-refractivity contribution < 1.29 is 19.0 Å². The van der Waals surface area contributed by atoms with Crippen LogP contribution in [0.1, 0.15) is 5.56 Å². The molecule has 0 atom stereocenters. The van der Waals surface area contributed by atoms with Crippen molar-refractivity contribution in [1.29, 1.82) is 0 Å². The van der Waals surface area contributed by atoms with E-state index in [-0.39, 0.29) is 6.61 Å². The number of anilines is 1. The van der Waals surface area contributed by atoms with Gasteiger partial charge in [0.2, 0.25) is 0 Å². The van der Waals surface area contributed by atoms with E-state index in [2.05, 4.69) is 21.9 Å². The molecule has 28 heavy (non-hydrogen) atoms. The number of amides is 1. The summed E-state index contributed by atoms with van der Waals surface area (Å²) < 4.78 is 15.8. The zero-order valence-corrected chi connectivity index (χ0v) is 16.2. The highest BCUT2D eigenvalue weighted by atomic mass is 16.5. The topological polar surface area (TPSA) is 77.3 Å². The minimum atomic E-state index is -0.771. The summed E-state index contributed by atoms with van der Waals surface area (Å²) in [6.07, 6.45) is -0.771. The number of nitrogens with two attached hydrogens (primary N) is 1. The van der Waals surface area contributed by atoms with Crippen molar-refractivity contribution in [2.24, 2.45) is 5.73 Å². The molecule has 3 rings (SSSR count). The number of primary amides is 1. The predicted octanol–water partition coefficient (Wildman–Crippen LogP) is 2.49. The molecule has 7 nitrogen and oxygen atoms in total. The maximum atomic E-state index is 10.6. The second-order valence-corrected chi connectivity index (χ2v) is 6.63. The monoisotopic (exact) mass is 385 g/mol. The maximum Gasteiger partial charge on any atom is 0.404 e. The van der Waals surface area contributed by atoms with Crippen LogP contribution in [0, 0.1) is 0 Å². The van der Waals surface area contributed by atoms with E-state index in [1.165, 1.54) is 5.69 Å². The van der Waals surface area contributed by atoms with Gasteiger partial charge in [0, 0.05) is 38.4 Å². The number of benzene rings is 2. The molecule has 1 amide bonds.